The first kappa shape index (κ1) is 13.2. The molecule has 0 amide bonds. The number of nitrogens with zero attached hydrogens (tertiary/aromatic N) is 3. The van der Waals surface area contributed by atoms with E-state index >= 15 is 0 Å². The van der Waals surface area contributed by atoms with Gasteiger partial charge in [0.15, 0.2) is 6.33 Å². The zero-order chi connectivity index (χ0) is 12.8. The quantitative estimate of drug-likeness (QED) is 0.306. The molecular formula is C14H11BIrN3O-. The zero-order valence-corrected chi connectivity index (χ0v) is 13.2. The summed E-state index contributed by atoms with van der Waals surface area (Å²) in [5.41, 5.74) is 1.73. The molecule has 20 heavy (non-hydrogen) atoms. The molecule has 0 saturated carbocycles. The number of hydrogen-bond donors (Lipinski definition) is 0. The van der Waals surface area contributed by atoms with Gasteiger partial charge >= 0.3 is 0 Å². The van der Waals surface area contributed by atoms with Gasteiger partial charge in [0.25, 0.3) is 6.98 Å². The molecule has 0 unspecified atom stereocenters. The van der Waals surface area contributed by atoms with E-state index in [1.165, 1.54) is 0 Å². The van der Waals surface area contributed by atoms with Gasteiger partial charge < -0.3 is 18.7 Å². The fourth-order valence-electron chi connectivity index (χ4n) is 2.41. The maximum atomic E-state index is 5.77. The second-order valence-corrected chi connectivity index (χ2v) is 4.65. The molecule has 3 aromatic rings. The van der Waals surface area contributed by atoms with Crippen molar-refractivity contribution in [3.63, 3.8) is 0 Å². The van der Waals surface area contributed by atoms with Crippen molar-refractivity contribution in [1.82, 2.24) is 4.48 Å². The monoisotopic (exact) mass is 441 g/mol. The fourth-order valence-corrected chi connectivity index (χ4v) is 2.41. The molecule has 0 saturated heterocycles. The number of benzene rings is 1. The molecular weight excluding hydrogens is 429 g/mol. The number of imidazole rings is 1. The SMILES string of the molecule is C[n+]1[c-]n(B2C=c3c(oc4ccccc34)=C[N-]2)cc1.[Ir]. The van der Waals surface area contributed by atoms with Gasteiger partial charge in [-0.15, -0.1) is 6.20 Å². The van der Waals surface area contributed by atoms with E-state index in [-0.39, 0.29) is 27.1 Å². The molecule has 0 atom stereocenters. The minimum absolute atomic E-state index is 0. The van der Waals surface area contributed by atoms with Gasteiger partial charge in [-0.25, -0.2) is 0 Å². The second kappa shape index (κ2) is 4.96. The maximum Gasteiger partial charge on any atom is 0.276 e. The van der Waals surface area contributed by atoms with Crippen LogP contribution in [0.1, 0.15) is 0 Å². The third-order valence-electron chi connectivity index (χ3n) is 3.33. The molecule has 3 heterocycles. The summed E-state index contributed by atoms with van der Waals surface area (Å²) in [7, 11) is 1.95. The van der Waals surface area contributed by atoms with Crippen molar-refractivity contribution in [3.05, 3.63) is 58.8 Å². The van der Waals surface area contributed by atoms with Crippen molar-refractivity contribution < 1.29 is 29.1 Å². The van der Waals surface area contributed by atoms with Crippen molar-refractivity contribution in [1.29, 1.82) is 0 Å². The Morgan fingerprint density at radius 2 is 2.20 bits per heavy atom. The van der Waals surface area contributed by atoms with Gasteiger partial charge in [0, 0.05) is 30.7 Å². The molecule has 4 rings (SSSR count). The third kappa shape index (κ3) is 2.01. The minimum atomic E-state index is -0.0605. The van der Waals surface area contributed by atoms with Crippen LogP contribution in [0.2, 0.25) is 0 Å². The van der Waals surface area contributed by atoms with Crippen LogP contribution in [0.3, 0.4) is 0 Å². The van der Waals surface area contributed by atoms with Crippen LogP contribution >= 0.6 is 0 Å². The Bertz CT molecular complexity index is 883. The van der Waals surface area contributed by atoms with Crippen molar-refractivity contribution in [2.24, 2.45) is 7.05 Å². The zero-order valence-electron chi connectivity index (χ0n) is 10.8. The molecule has 4 nitrogen and oxygen atoms in total. The molecule has 6 heteroatoms. The Balaban J connectivity index is 0.00000121. The summed E-state index contributed by atoms with van der Waals surface area (Å²) in [5, 5.41) is 6.73. The van der Waals surface area contributed by atoms with E-state index in [0.717, 1.165) is 21.6 Å². The Hall–Kier alpha value is -1.78. The normalized spacial score (nSPS) is 12.9. The van der Waals surface area contributed by atoms with Crippen molar-refractivity contribution in [3.8, 4) is 0 Å². The van der Waals surface area contributed by atoms with Crippen molar-refractivity contribution >= 4 is 30.1 Å². The summed E-state index contributed by atoms with van der Waals surface area (Å²) >= 11 is 0. The molecule has 0 fully saturated rings. The van der Waals surface area contributed by atoms with Crippen molar-refractivity contribution in [2.45, 2.75) is 0 Å². The largest absolute Gasteiger partial charge is 0.667 e. The molecule has 101 valence electrons. The first-order chi connectivity index (χ1) is 9.31. The molecule has 0 N–H and O–H groups in total. The number of fused-ring (bicyclic) bond motifs is 3. The number of aromatic nitrogens is 2. The Morgan fingerprint density at radius 3 is 3.00 bits per heavy atom. The van der Waals surface area contributed by atoms with E-state index < -0.39 is 0 Å². The van der Waals surface area contributed by atoms with Gasteiger partial charge in [-0.3, -0.25) is 0 Å². The second-order valence-electron chi connectivity index (χ2n) is 4.65. The first-order valence-electron chi connectivity index (χ1n) is 6.17. The molecule has 0 aliphatic carbocycles. The Kier molecular flexibility index (Phi) is 3.28. The summed E-state index contributed by atoms with van der Waals surface area (Å²) in [5.74, 6) is 2.11. The van der Waals surface area contributed by atoms with Crippen LogP contribution in [0.4, 0.5) is 0 Å². The predicted octanol–water partition coefficient (Wildman–Crippen LogP) is 0.338. The van der Waals surface area contributed by atoms with Crippen LogP contribution < -0.4 is 15.2 Å². The van der Waals surface area contributed by atoms with Crippen molar-refractivity contribution in [2.75, 3.05) is 0 Å². The van der Waals surface area contributed by atoms with E-state index in [1.54, 1.807) is 6.20 Å². The minimum Gasteiger partial charge on any atom is -0.667 e. The molecule has 2 aromatic heterocycles. The standard InChI is InChI=1S/C14H11BN3O.Ir/c1-17-6-7-18(10-17)15-8-12-11-4-2-3-5-13(11)19-14(12)9-16-15;/h2-9H,1H3;/q-1;. The van der Waals surface area contributed by atoms with Crippen LogP contribution in [0.25, 0.3) is 28.4 Å². The summed E-state index contributed by atoms with van der Waals surface area (Å²) < 4.78 is 9.60. The van der Waals surface area contributed by atoms with E-state index in [1.807, 2.05) is 46.7 Å². The summed E-state index contributed by atoms with van der Waals surface area (Å²) in [6.07, 6.45) is 8.89. The smallest absolute Gasteiger partial charge is 0.276 e. The molecule has 1 aromatic carbocycles. The molecule has 0 bridgehead atoms. The molecule has 1 radical (unpaired) electrons. The molecule has 0 spiro atoms. The van der Waals surface area contributed by atoms with Gasteiger partial charge in [0.05, 0.1) is 7.05 Å². The predicted molar refractivity (Wildman–Crippen MR) is 73.3 cm³/mol. The van der Waals surface area contributed by atoms with Gasteiger partial charge in [-0.05, 0) is 18.5 Å². The van der Waals surface area contributed by atoms with Crippen LogP contribution in [0.15, 0.2) is 41.1 Å². The van der Waals surface area contributed by atoms with Crippen LogP contribution in [-0.4, -0.2) is 11.5 Å². The van der Waals surface area contributed by atoms with E-state index in [2.05, 4.69) is 23.6 Å². The topological polar surface area (TPSA) is 36.0 Å². The van der Waals surface area contributed by atoms with E-state index in [0.29, 0.717) is 0 Å². The maximum absolute atomic E-state index is 5.77. The van der Waals surface area contributed by atoms with Gasteiger partial charge in [-0.1, -0.05) is 24.2 Å². The number of aryl methyl sites for hydroxylation is 1. The number of para-hydroxylation sites is 1. The van der Waals surface area contributed by atoms with E-state index in [4.69, 9.17) is 4.42 Å². The number of furan rings is 1. The van der Waals surface area contributed by atoms with Gasteiger partial charge in [-0.2, -0.15) is 0 Å². The average molecular weight is 440 g/mol. The van der Waals surface area contributed by atoms with Crippen LogP contribution in [0.5, 0.6) is 0 Å². The van der Waals surface area contributed by atoms with Crippen LogP contribution in [0, 0.1) is 6.33 Å². The summed E-state index contributed by atoms with van der Waals surface area (Å²) in [6, 6.07) is 8.05. The molecule has 1 aliphatic heterocycles. The first-order valence-corrected chi connectivity index (χ1v) is 6.17. The van der Waals surface area contributed by atoms with E-state index in [9.17, 15) is 0 Å². The molecule has 1 aliphatic rings. The summed E-state index contributed by atoms with van der Waals surface area (Å²) in [4.78, 5) is 0. The van der Waals surface area contributed by atoms with Crippen LogP contribution in [-0.2, 0) is 27.2 Å². The number of rotatable bonds is 1. The fraction of sp³-hybridized carbons (Fsp3) is 0.0714. The third-order valence-corrected chi connectivity index (χ3v) is 3.33. The van der Waals surface area contributed by atoms with Gasteiger partial charge in [0.1, 0.15) is 11.0 Å². The Morgan fingerprint density at radius 1 is 1.35 bits per heavy atom. The Labute approximate surface area is 129 Å². The summed E-state index contributed by atoms with van der Waals surface area (Å²) in [6.45, 7) is -0.0605. The van der Waals surface area contributed by atoms with Gasteiger partial charge in [0.2, 0.25) is 0 Å². The number of hydrogen-bond acceptors (Lipinski definition) is 1. The average Bonchev–Trinajstić information content (AvgIpc) is 3.01.